The fraction of sp³-hybridized carbons (Fsp3) is 0.290. The van der Waals surface area contributed by atoms with Crippen LogP contribution >= 0.6 is 7.92 Å². The first-order chi connectivity index (χ1) is 16.2. The first-order valence-electron chi connectivity index (χ1n) is 12.4. The summed E-state index contributed by atoms with van der Waals surface area (Å²) in [6.07, 6.45) is 10.6. The van der Waals surface area contributed by atoms with Gasteiger partial charge in [0.05, 0.1) is 0 Å². The van der Waals surface area contributed by atoms with Crippen LogP contribution in [0.4, 0.5) is 0 Å². The Balaban J connectivity index is 0.00000171. The van der Waals surface area contributed by atoms with Crippen molar-refractivity contribution in [2.45, 2.75) is 41.0 Å². The predicted octanol–water partition coefficient (Wildman–Crippen LogP) is 3.30. The summed E-state index contributed by atoms with van der Waals surface area (Å²) < 4.78 is 1.45. The number of benzene rings is 3. The third-order valence-corrected chi connectivity index (χ3v) is 18.3. The quantitative estimate of drug-likeness (QED) is 0.253. The zero-order chi connectivity index (χ0) is 22.8. The number of hydrogen-bond donors (Lipinski definition) is 0. The summed E-state index contributed by atoms with van der Waals surface area (Å²) >= 11 is -1.10. The van der Waals surface area contributed by atoms with Crippen molar-refractivity contribution < 1.29 is 47.7 Å². The van der Waals surface area contributed by atoms with E-state index in [2.05, 4.69) is 106 Å². The van der Waals surface area contributed by atoms with Crippen LogP contribution in [0.15, 0.2) is 83.7 Å². The molecule has 5 rings (SSSR count). The Bertz CT molecular complexity index is 1200. The van der Waals surface area contributed by atoms with Gasteiger partial charge >= 0.3 is 213 Å². The van der Waals surface area contributed by atoms with Gasteiger partial charge in [-0.15, -0.1) is 0 Å². The third-order valence-electron chi connectivity index (χ3n) is 6.95. The molecule has 3 aromatic rings. The first-order valence-corrected chi connectivity index (χ1v) is 18.2. The molecule has 180 valence electrons. The maximum absolute atomic E-state index is 2.62. The van der Waals surface area contributed by atoms with Gasteiger partial charge in [0.1, 0.15) is 0 Å². The zero-order valence-corrected chi connectivity index (χ0v) is 26.8. The molecule has 35 heavy (non-hydrogen) atoms. The Kier molecular flexibility index (Phi) is 10.6. The zero-order valence-electron chi connectivity index (χ0n) is 20.8. The van der Waals surface area contributed by atoms with Gasteiger partial charge in [-0.25, -0.2) is 0 Å². The molecule has 0 amide bonds. The largest absolute Gasteiger partial charge is 1.00 e. The summed E-state index contributed by atoms with van der Waals surface area (Å²) in [4.78, 5) is 0. The van der Waals surface area contributed by atoms with E-state index in [9.17, 15) is 0 Å². The van der Waals surface area contributed by atoms with Crippen LogP contribution in [0.1, 0.15) is 63.2 Å². The minimum Gasteiger partial charge on any atom is -1.00 e. The summed E-state index contributed by atoms with van der Waals surface area (Å²) in [7, 11) is -0.00152. The van der Waals surface area contributed by atoms with E-state index in [0.717, 1.165) is 3.67 Å². The van der Waals surface area contributed by atoms with E-state index >= 15 is 0 Å². The number of allylic oxidation sites excluding steroid dienone is 2. The molecule has 0 saturated heterocycles. The molecule has 0 heterocycles. The molecule has 4 heteroatoms. The molecule has 0 bridgehead atoms. The van der Waals surface area contributed by atoms with Crippen LogP contribution in [0.2, 0.25) is 0 Å². The van der Waals surface area contributed by atoms with Gasteiger partial charge in [-0.1, -0.05) is 0 Å². The standard InChI is InChI=1S/C16H13.C15H20P.2ClH.Hf/c1-12-10-14-8-5-9-15(16(14)11-12)13-6-3-2-4-7-13;1-3-9-16(10-4-2)15-11-13-7-5-6-8-14(13)12-15;;;/h2-11H,1H3;5-8,11-12H,3-4,9-10H2,1-2H3;2*1H;/q;;;;+2/p-2. The second-order valence-electron chi connectivity index (χ2n) is 9.28. The van der Waals surface area contributed by atoms with Gasteiger partial charge in [0.2, 0.25) is 0 Å². The summed E-state index contributed by atoms with van der Waals surface area (Å²) in [6.45, 7) is 7.14. The van der Waals surface area contributed by atoms with Gasteiger partial charge in [-0.3, -0.25) is 0 Å². The molecule has 0 aliphatic heterocycles. The Hall–Kier alpha value is -0.980. The molecule has 0 saturated carbocycles. The van der Waals surface area contributed by atoms with Crippen molar-refractivity contribution in [1.82, 2.24) is 0 Å². The van der Waals surface area contributed by atoms with Gasteiger partial charge in [0.15, 0.2) is 0 Å². The van der Waals surface area contributed by atoms with Crippen molar-refractivity contribution in [3.8, 4) is 11.1 Å². The SMILES string of the molecule is CCCP(CCC)C1=Cc2ccccc2[CH]1[Hf+2][CH]1C(C)=Cc2c(-c3ccccc3)cccc21.[Cl-].[Cl-]. The van der Waals surface area contributed by atoms with Crippen LogP contribution in [0.25, 0.3) is 23.3 Å². The van der Waals surface area contributed by atoms with Crippen LogP contribution in [0.5, 0.6) is 0 Å². The summed E-state index contributed by atoms with van der Waals surface area (Å²) in [5.41, 5.74) is 10.6. The Morgan fingerprint density at radius 3 is 2.09 bits per heavy atom. The van der Waals surface area contributed by atoms with Crippen molar-refractivity contribution in [3.05, 3.63) is 106 Å². The third kappa shape index (κ3) is 5.80. The second-order valence-corrected chi connectivity index (χ2v) is 17.1. The van der Waals surface area contributed by atoms with Crippen LogP contribution in [0.3, 0.4) is 0 Å². The van der Waals surface area contributed by atoms with Crippen molar-refractivity contribution >= 4 is 20.1 Å². The number of rotatable bonds is 8. The molecular weight excluding hydrogens is 653 g/mol. The van der Waals surface area contributed by atoms with Crippen LogP contribution in [-0.2, 0) is 22.9 Å². The van der Waals surface area contributed by atoms with Crippen molar-refractivity contribution in [1.29, 1.82) is 0 Å². The Morgan fingerprint density at radius 1 is 0.714 bits per heavy atom. The van der Waals surface area contributed by atoms with Crippen LogP contribution < -0.4 is 24.8 Å². The van der Waals surface area contributed by atoms with E-state index in [1.54, 1.807) is 16.7 Å². The molecule has 2 unspecified atom stereocenters. The first kappa shape index (κ1) is 28.6. The fourth-order valence-electron chi connectivity index (χ4n) is 5.48. The van der Waals surface area contributed by atoms with E-state index in [4.69, 9.17) is 0 Å². The minimum atomic E-state index is -1.10. The topological polar surface area (TPSA) is 0 Å². The Labute approximate surface area is 236 Å². The second kappa shape index (κ2) is 13.0. The van der Waals surface area contributed by atoms with Crippen molar-refractivity contribution in [3.63, 3.8) is 0 Å². The molecule has 0 radical (unpaired) electrons. The molecule has 0 aromatic heterocycles. The van der Waals surface area contributed by atoms with E-state index in [1.807, 2.05) is 5.31 Å². The number of halogens is 2. The van der Waals surface area contributed by atoms with Crippen molar-refractivity contribution in [2.24, 2.45) is 0 Å². The molecule has 3 aromatic carbocycles. The number of hydrogen-bond acceptors (Lipinski definition) is 0. The van der Waals surface area contributed by atoms with E-state index in [-0.39, 0.29) is 32.7 Å². The van der Waals surface area contributed by atoms with Crippen LogP contribution in [0, 0.1) is 0 Å². The van der Waals surface area contributed by atoms with Crippen molar-refractivity contribution in [2.75, 3.05) is 12.3 Å². The molecule has 0 spiro atoms. The van der Waals surface area contributed by atoms with Crippen LogP contribution in [-0.4, -0.2) is 12.3 Å². The molecular formula is C31H33Cl2HfP. The maximum Gasteiger partial charge on any atom is -1.00 e. The molecule has 2 aliphatic rings. The Morgan fingerprint density at radius 2 is 1.37 bits per heavy atom. The average molecular weight is 686 g/mol. The molecule has 2 atom stereocenters. The van der Waals surface area contributed by atoms with E-state index in [1.165, 1.54) is 47.4 Å². The number of fused-ring (bicyclic) bond motifs is 2. The normalized spacial score (nSPS) is 17.5. The average Bonchev–Trinajstić information content (AvgIpc) is 3.37. The van der Waals surface area contributed by atoms with Gasteiger partial charge in [-0.05, 0) is 0 Å². The minimum absolute atomic E-state index is 0. The molecule has 0 nitrogen and oxygen atoms in total. The summed E-state index contributed by atoms with van der Waals surface area (Å²) in [5.74, 6) is 0. The van der Waals surface area contributed by atoms with Gasteiger partial charge in [-0.2, -0.15) is 0 Å². The molecule has 0 N–H and O–H groups in total. The smallest absolute Gasteiger partial charge is 1.00 e. The molecule has 2 aliphatic carbocycles. The summed E-state index contributed by atoms with van der Waals surface area (Å²) in [6, 6.07) is 27.3. The fourth-order valence-corrected chi connectivity index (χ4v) is 17.2. The monoisotopic (exact) mass is 686 g/mol. The van der Waals surface area contributed by atoms with Gasteiger partial charge in [0, 0.05) is 0 Å². The van der Waals surface area contributed by atoms with E-state index in [0.29, 0.717) is 3.67 Å². The van der Waals surface area contributed by atoms with E-state index < -0.39 is 22.9 Å². The van der Waals surface area contributed by atoms with Gasteiger partial charge in [0.25, 0.3) is 0 Å². The van der Waals surface area contributed by atoms with Gasteiger partial charge < -0.3 is 24.8 Å². The maximum atomic E-state index is 2.62. The molecule has 0 fully saturated rings. The summed E-state index contributed by atoms with van der Waals surface area (Å²) in [5, 5.41) is 1.85. The predicted molar refractivity (Wildman–Crippen MR) is 143 cm³/mol.